The van der Waals surface area contributed by atoms with Crippen LogP contribution in [0.5, 0.6) is 0 Å². The first-order valence-electron chi connectivity index (χ1n) is 5.35. The molecule has 3 aromatic rings. The van der Waals surface area contributed by atoms with Gasteiger partial charge in [-0.2, -0.15) is 5.10 Å². The summed E-state index contributed by atoms with van der Waals surface area (Å²) in [5.41, 5.74) is 0. The van der Waals surface area contributed by atoms with Crippen molar-refractivity contribution < 1.29 is 4.42 Å². The van der Waals surface area contributed by atoms with Crippen LogP contribution in [0.3, 0.4) is 0 Å². The molecule has 0 radical (unpaired) electrons. The average molecular weight is 325 g/mol. The smallest absolute Gasteiger partial charge is 0.257 e. The number of aromatic nitrogens is 4. The van der Waals surface area contributed by atoms with Crippen molar-refractivity contribution in [1.82, 2.24) is 20.0 Å². The van der Waals surface area contributed by atoms with Gasteiger partial charge in [-0.15, -0.1) is 21.5 Å². The molecule has 0 unspecified atom stereocenters. The van der Waals surface area contributed by atoms with E-state index in [0.29, 0.717) is 18.2 Å². The Balaban J connectivity index is 1.67. The maximum atomic E-state index is 5.59. The highest BCUT2D eigenvalue weighted by molar-refractivity contribution is 9.10. The van der Waals surface area contributed by atoms with Gasteiger partial charge in [0, 0.05) is 19.2 Å². The van der Waals surface area contributed by atoms with E-state index >= 15 is 0 Å². The highest BCUT2D eigenvalue weighted by atomic mass is 79.9. The number of thiophene rings is 1. The molecule has 18 heavy (non-hydrogen) atoms. The van der Waals surface area contributed by atoms with Crippen LogP contribution >= 0.6 is 27.3 Å². The summed E-state index contributed by atoms with van der Waals surface area (Å²) in [6.07, 6.45) is 4.34. The largest absolute Gasteiger partial charge is 0.420 e. The van der Waals surface area contributed by atoms with Gasteiger partial charge in [-0.05, 0) is 27.4 Å². The fraction of sp³-hybridized carbons (Fsp3) is 0.182. The molecule has 3 rings (SSSR count). The van der Waals surface area contributed by atoms with Crippen LogP contribution in [-0.4, -0.2) is 20.0 Å². The van der Waals surface area contributed by atoms with Crippen LogP contribution in [0.25, 0.3) is 10.8 Å². The molecule has 0 aromatic carbocycles. The molecule has 92 valence electrons. The van der Waals surface area contributed by atoms with Crippen molar-refractivity contribution in [2.75, 3.05) is 0 Å². The molecule has 0 atom stereocenters. The fourth-order valence-corrected chi connectivity index (χ4v) is 2.50. The van der Waals surface area contributed by atoms with E-state index in [1.54, 1.807) is 17.5 Å². The van der Waals surface area contributed by atoms with E-state index in [1.807, 2.05) is 28.4 Å². The molecule has 0 spiro atoms. The Morgan fingerprint density at radius 2 is 2.33 bits per heavy atom. The summed E-state index contributed by atoms with van der Waals surface area (Å²) in [6.45, 7) is 0.720. The Bertz CT molecular complexity index is 631. The minimum Gasteiger partial charge on any atom is -0.420 e. The Morgan fingerprint density at radius 3 is 3.06 bits per heavy atom. The van der Waals surface area contributed by atoms with E-state index in [2.05, 4.69) is 31.2 Å². The number of hydrogen-bond acceptors (Lipinski definition) is 5. The van der Waals surface area contributed by atoms with Gasteiger partial charge in [0.2, 0.25) is 5.89 Å². The molecule has 0 fully saturated rings. The third-order valence-electron chi connectivity index (χ3n) is 2.36. The zero-order valence-corrected chi connectivity index (χ0v) is 11.7. The van der Waals surface area contributed by atoms with Crippen molar-refractivity contribution in [3.63, 3.8) is 0 Å². The van der Waals surface area contributed by atoms with E-state index in [0.717, 1.165) is 15.9 Å². The Labute approximate surface area is 116 Å². The molecular weight excluding hydrogens is 316 g/mol. The van der Waals surface area contributed by atoms with Gasteiger partial charge < -0.3 is 4.42 Å². The van der Waals surface area contributed by atoms with Crippen LogP contribution in [0, 0.1) is 0 Å². The second-order valence-electron chi connectivity index (χ2n) is 3.65. The second kappa shape index (κ2) is 5.03. The van der Waals surface area contributed by atoms with Crippen molar-refractivity contribution in [2.24, 2.45) is 0 Å². The van der Waals surface area contributed by atoms with Crippen LogP contribution < -0.4 is 0 Å². The Hall–Kier alpha value is -1.47. The number of rotatable bonds is 4. The monoisotopic (exact) mass is 324 g/mol. The molecule has 5 nitrogen and oxygen atoms in total. The van der Waals surface area contributed by atoms with Crippen LogP contribution in [0.4, 0.5) is 0 Å². The van der Waals surface area contributed by atoms with Crippen molar-refractivity contribution in [3.05, 3.63) is 40.3 Å². The van der Waals surface area contributed by atoms with Gasteiger partial charge in [-0.25, -0.2) is 0 Å². The molecule has 7 heteroatoms. The lowest BCUT2D eigenvalue weighted by Crippen LogP contribution is -2.01. The molecule has 0 aliphatic heterocycles. The summed E-state index contributed by atoms with van der Waals surface area (Å²) in [7, 11) is 0. The molecule has 3 heterocycles. The van der Waals surface area contributed by atoms with E-state index < -0.39 is 0 Å². The summed E-state index contributed by atoms with van der Waals surface area (Å²) >= 11 is 4.94. The number of hydrogen-bond donors (Lipinski definition) is 0. The summed E-state index contributed by atoms with van der Waals surface area (Å²) in [5.74, 6) is 1.21. The first-order valence-corrected chi connectivity index (χ1v) is 7.03. The lowest BCUT2D eigenvalue weighted by Gasteiger charge is -1.96. The van der Waals surface area contributed by atoms with Gasteiger partial charge in [0.25, 0.3) is 5.89 Å². The zero-order chi connectivity index (χ0) is 12.4. The van der Waals surface area contributed by atoms with Crippen LogP contribution in [0.1, 0.15) is 5.89 Å². The molecule has 0 N–H and O–H groups in total. The lowest BCUT2D eigenvalue weighted by atomic mass is 10.4. The minimum atomic E-state index is 0.585. The van der Waals surface area contributed by atoms with Gasteiger partial charge in [0.05, 0.1) is 15.5 Å². The predicted octanol–water partition coefficient (Wildman–Crippen LogP) is 3.00. The fourth-order valence-electron chi connectivity index (χ4n) is 1.53. The van der Waals surface area contributed by atoms with E-state index in [4.69, 9.17) is 4.42 Å². The maximum Gasteiger partial charge on any atom is 0.257 e. The molecule has 3 aromatic heterocycles. The normalized spacial score (nSPS) is 10.9. The minimum absolute atomic E-state index is 0.585. The van der Waals surface area contributed by atoms with Gasteiger partial charge in [0.15, 0.2) is 0 Å². The molecule has 0 saturated carbocycles. The summed E-state index contributed by atoms with van der Waals surface area (Å²) in [6, 6.07) is 3.93. The van der Waals surface area contributed by atoms with Crippen molar-refractivity contribution in [2.45, 2.75) is 13.0 Å². The standard InChI is InChI=1S/C11H9BrN4OS/c12-8-6-13-16(7-8)4-3-10-14-15-11(17-10)9-2-1-5-18-9/h1-2,5-7H,3-4H2. The molecule has 0 bridgehead atoms. The molecular formula is C11H9BrN4OS. The highest BCUT2D eigenvalue weighted by Crippen LogP contribution is 2.23. The maximum absolute atomic E-state index is 5.59. The average Bonchev–Trinajstić information content (AvgIpc) is 3.07. The molecule has 0 saturated heterocycles. The Kier molecular flexibility index (Phi) is 3.24. The molecule has 0 aliphatic carbocycles. The topological polar surface area (TPSA) is 56.7 Å². The van der Waals surface area contributed by atoms with Crippen LogP contribution in [0.15, 0.2) is 38.8 Å². The van der Waals surface area contributed by atoms with E-state index in [1.165, 1.54) is 0 Å². The molecule has 0 amide bonds. The zero-order valence-electron chi connectivity index (χ0n) is 9.28. The number of aryl methyl sites for hydroxylation is 2. The SMILES string of the molecule is Brc1cnn(CCc2nnc(-c3cccs3)o2)c1. The highest BCUT2D eigenvalue weighted by Gasteiger charge is 2.09. The number of halogens is 1. The van der Waals surface area contributed by atoms with Gasteiger partial charge >= 0.3 is 0 Å². The Morgan fingerprint density at radius 1 is 1.39 bits per heavy atom. The molecule has 0 aliphatic rings. The summed E-state index contributed by atoms with van der Waals surface area (Å²) in [5, 5.41) is 14.2. The first kappa shape index (κ1) is 11.6. The van der Waals surface area contributed by atoms with Gasteiger partial charge in [0.1, 0.15) is 0 Å². The third kappa shape index (κ3) is 2.51. The predicted molar refractivity (Wildman–Crippen MR) is 71.2 cm³/mol. The summed E-state index contributed by atoms with van der Waals surface area (Å²) < 4.78 is 8.39. The van der Waals surface area contributed by atoms with Crippen molar-refractivity contribution in [1.29, 1.82) is 0 Å². The van der Waals surface area contributed by atoms with E-state index in [-0.39, 0.29) is 0 Å². The summed E-state index contributed by atoms with van der Waals surface area (Å²) in [4.78, 5) is 0.996. The first-order chi connectivity index (χ1) is 8.81. The second-order valence-corrected chi connectivity index (χ2v) is 5.51. The van der Waals surface area contributed by atoms with Crippen molar-refractivity contribution in [3.8, 4) is 10.8 Å². The quantitative estimate of drug-likeness (QED) is 0.740. The van der Waals surface area contributed by atoms with Crippen LogP contribution in [-0.2, 0) is 13.0 Å². The number of nitrogens with zero attached hydrogens (tertiary/aromatic N) is 4. The van der Waals surface area contributed by atoms with E-state index in [9.17, 15) is 0 Å². The van der Waals surface area contributed by atoms with Gasteiger partial charge in [-0.1, -0.05) is 6.07 Å². The van der Waals surface area contributed by atoms with Crippen LogP contribution in [0.2, 0.25) is 0 Å². The van der Waals surface area contributed by atoms with Crippen molar-refractivity contribution >= 4 is 27.3 Å². The third-order valence-corrected chi connectivity index (χ3v) is 3.62. The van der Waals surface area contributed by atoms with Gasteiger partial charge in [-0.3, -0.25) is 4.68 Å². The lowest BCUT2D eigenvalue weighted by molar-refractivity contribution is 0.475.